The topological polar surface area (TPSA) is 90.0 Å². The van der Waals surface area contributed by atoms with Gasteiger partial charge in [-0.1, -0.05) is 30.2 Å². The Morgan fingerprint density at radius 3 is 2.75 bits per heavy atom. The molecular weight excluding hydrogens is 428 g/mol. The van der Waals surface area contributed by atoms with Gasteiger partial charge in [-0.2, -0.15) is 4.99 Å². The highest BCUT2D eigenvalue weighted by molar-refractivity contribution is 7.16. The summed E-state index contributed by atoms with van der Waals surface area (Å²) in [4.78, 5) is 30.8. The number of morpholine rings is 1. The van der Waals surface area contributed by atoms with Gasteiger partial charge < -0.3 is 14.2 Å². The first kappa shape index (κ1) is 21.7. The maximum absolute atomic E-state index is 13.0. The average molecular weight is 451 g/mol. The van der Waals surface area contributed by atoms with E-state index < -0.39 is 10.8 Å². The number of thiazole rings is 1. The first-order valence-corrected chi connectivity index (χ1v) is 11.1. The molecule has 1 aromatic heterocycles. The zero-order chi connectivity index (χ0) is 22.7. The largest absolute Gasteiger partial charge is 0.378 e. The van der Waals surface area contributed by atoms with E-state index in [2.05, 4.69) is 23.9 Å². The molecule has 4 rings (SSSR count). The molecule has 1 fully saturated rings. The number of anilines is 1. The lowest BCUT2D eigenvalue weighted by atomic mass is 10.1. The quantitative estimate of drug-likeness (QED) is 0.338. The maximum Gasteiger partial charge on any atom is 0.293 e. The number of carbonyl (C=O) groups excluding carboxylic acids is 1. The standard InChI is InChI=1S/C23H22N4O4S/c1-3-9-26-19-7-5-16(4-2)14-21(19)32-23(26)24-22(28)17-6-8-18(20(15-17)27(29)30)25-10-12-31-13-11-25/h1,5-8,14-15H,4,9-13H2,2H3. The molecule has 0 N–H and O–H groups in total. The van der Waals surface area contributed by atoms with E-state index in [1.54, 1.807) is 12.1 Å². The predicted octanol–water partition coefficient (Wildman–Crippen LogP) is 3.38. The Hall–Kier alpha value is -3.48. The molecular formula is C23H22N4O4S. The van der Waals surface area contributed by atoms with E-state index in [1.807, 2.05) is 21.6 Å². The third kappa shape index (κ3) is 4.28. The number of terminal acetylenes is 1. The van der Waals surface area contributed by atoms with Crippen molar-refractivity contribution in [1.29, 1.82) is 0 Å². The summed E-state index contributed by atoms with van der Waals surface area (Å²) in [6.07, 6.45) is 6.43. The van der Waals surface area contributed by atoms with E-state index in [-0.39, 0.29) is 17.8 Å². The summed E-state index contributed by atoms with van der Waals surface area (Å²) in [7, 11) is 0. The molecule has 2 heterocycles. The smallest absolute Gasteiger partial charge is 0.293 e. The number of nitro groups is 1. The third-order valence-electron chi connectivity index (χ3n) is 5.37. The number of benzene rings is 2. The number of nitro benzene ring substituents is 1. The van der Waals surface area contributed by atoms with E-state index in [0.717, 1.165) is 16.6 Å². The van der Waals surface area contributed by atoms with Crippen LogP contribution in [-0.4, -0.2) is 41.7 Å². The molecule has 2 aromatic carbocycles. The highest BCUT2D eigenvalue weighted by Gasteiger charge is 2.23. The van der Waals surface area contributed by atoms with E-state index >= 15 is 0 Å². The molecule has 3 aromatic rings. The van der Waals surface area contributed by atoms with Gasteiger partial charge in [-0.15, -0.1) is 6.42 Å². The van der Waals surface area contributed by atoms with Crippen molar-refractivity contribution in [2.24, 2.45) is 4.99 Å². The van der Waals surface area contributed by atoms with Gasteiger partial charge in [0.15, 0.2) is 4.80 Å². The van der Waals surface area contributed by atoms with Crippen LogP contribution in [0, 0.1) is 22.5 Å². The van der Waals surface area contributed by atoms with E-state index in [0.29, 0.717) is 36.8 Å². The highest BCUT2D eigenvalue weighted by Crippen LogP contribution is 2.30. The SMILES string of the molecule is C#CCn1c(=NC(=O)c2ccc(N3CCOCC3)c([N+](=O)[O-])c2)sc2cc(CC)ccc21. The second-order valence-corrected chi connectivity index (χ2v) is 8.32. The fourth-order valence-corrected chi connectivity index (χ4v) is 4.78. The predicted molar refractivity (Wildman–Crippen MR) is 124 cm³/mol. The number of hydrogen-bond donors (Lipinski definition) is 0. The zero-order valence-corrected chi connectivity index (χ0v) is 18.4. The van der Waals surface area contributed by atoms with Crippen LogP contribution in [0.1, 0.15) is 22.8 Å². The van der Waals surface area contributed by atoms with Crippen molar-refractivity contribution in [3.63, 3.8) is 0 Å². The van der Waals surface area contributed by atoms with Crippen molar-refractivity contribution in [3.05, 3.63) is 62.4 Å². The average Bonchev–Trinajstić information content (AvgIpc) is 3.15. The highest BCUT2D eigenvalue weighted by atomic mass is 32.1. The minimum atomic E-state index is -0.547. The van der Waals surface area contributed by atoms with Gasteiger partial charge in [-0.25, -0.2) is 0 Å². The van der Waals surface area contributed by atoms with Gasteiger partial charge in [0.05, 0.1) is 34.9 Å². The van der Waals surface area contributed by atoms with E-state index in [1.165, 1.54) is 23.0 Å². The second kappa shape index (κ2) is 9.34. The van der Waals surface area contributed by atoms with Crippen molar-refractivity contribution in [2.45, 2.75) is 19.9 Å². The van der Waals surface area contributed by atoms with Gasteiger partial charge in [0.25, 0.3) is 11.6 Å². The van der Waals surface area contributed by atoms with Crippen LogP contribution in [0.4, 0.5) is 11.4 Å². The number of hydrogen-bond acceptors (Lipinski definition) is 6. The summed E-state index contributed by atoms with van der Waals surface area (Å²) in [5.74, 6) is 2.06. The van der Waals surface area contributed by atoms with Crippen molar-refractivity contribution in [1.82, 2.24) is 4.57 Å². The van der Waals surface area contributed by atoms with Gasteiger partial charge in [0.2, 0.25) is 0 Å². The number of carbonyl (C=O) groups is 1. The third-order valence-corrected chi connectivity index (χ3v) is 6.41. The molecule has 9 heteroatoms. The van der Waals surface area contributed by atoms with Crippen LogP contribution in [0.2, 0.25) is 0 Å². The van der Waals surface area contributed by atoms with Crippen molar-refractivity contribution >= 4 is 38.8 Å². The van der Waals surface area contributed by atoms with Gasteiger partial charge >= 0.3 is 0 Å². The second-order valence-electron chi connectivity index (χ2n) is 7.31. The summed E-state index contributed by atoms with van der Waals surface area (Å²) in [5.41, 5.74) is 2.61. The Balaban J connectivity index is 1.75. The molecule has 8 nitrogen and oxygen atoms in total. The fraction of sp³-hybridized carbons (Fsp3) is 0.304. The number of nitrogens with zero attached hydrogens (tertiary/aromatic N) is 4. The lowest BCUT2D eigenvalue weighted by molar-refractivity contribution is -0.384. The van der Waals surface area contributed by atoms with Crippen LogP contribution >= 0.6 is 11.3 Å². The summed E-state index contributed by atoms with van der Waals surface area (Å²) >= 11 is 1.38. The summed E-state index contributed by atoms with van der Waals surface area (Å²) in [5, 5.41) is 11.7. The minimum Gasteiger partial charge on any atom is -0.378 e. The maximum atomic E-state index is 13.0. The minimum absolute atomic E-state index is 0.117. The van der Waals surface area contributed by atoms with E-state index in [9.17, 15) is 14.9 Å². The first-order chi connectivity index (χ1) is 15.5. The molecule has 0 unspecified atom stereocenters. The molecule has 1 saturated heterocycles. The number of aryl methyl sites for hydroxylation is 1. The van der Waals surface area contributed by atoms with Crippen LogP contribution in [0.5, 0.6) is 0 Å². The molecule has 0 saturated carbocycles. The Kier molecular flexibility index (Phi) is 6.35. The molecule has 32 heavy (non-hydrogen) atoms. The molecule has 1 aliphatic heterocycles. The Labute approximate surface area is 188 Å². The molecule has 1 aliphatic rings. The Morgan fingerprint density at radius 1 is 1.28 bits per heavy atom. The summed E-state index contributed by atoms with van der Waals surface area (Å²) < 4.78 is 8.12. The molecule has 0 bridgehead atoms. The lowest BCUT2D eigenvalue weighted by Crippen LogP contribution is -2.36. The van der Waals surface area contributed by atoms with Gasteiger partial charge in [-0.3, -0.25) is 14.9 Å². The molecule has 0 aliphatic carbocycles. The number of rotatable bonds is 5. The van der Waals surface area contributed by atoms with Crippen LogP contribution < -0.4 is 9.70 Å². The van der Waals surface area contributed by atoms with Crippen LogP contribution in [0.25, 0.3) is 10.2 Å². The van der Waals surface area contributed by atoms with Crippen molar-refractivity contribution in [2.75, 3.05) is 31.2 Å². The molecule has 0 atom stereocenters. The zero-order valence-electron chi connectivity index (χ0n) is 17.6. The number of amides is 1. The van der Waals surface area contributed by atoms with Crippen LogP contribution in [-0.2, 0) is 17.7 Å². The Bertz CT molecular complexity index is 1300. The van der Waals surface area contributed by atoms with Gasteiger partial charge in [0, 0.05) is 24.7 Å². The first-order valence-electron chi connectivity index (χ1n) is 10.3. The van der Waals surface area contributed by atoms with Crippen LogP contribution in [0.3, 0.4) is 0 Å². The molecule has 0 radical (unpaired) electrons. The molecule has 164 valence electrons. The Morgan fingerprint density at radius 2 is 2.06 bits per heavy atom. The molecule has 1 amide bonds. The monoisotopic (exact) mass is 450 g/mol. The van der Waals surface area contributed by atoms with Crippen molar-refractivity contribution in [3.8, 4) is 12.3 Å². The van der Waals surface area contributed by atoms with Crippen LogP contribution in [0.15, 0.2) is 41.4 Å². The molecule has 0 spiro atoms. The summed E-state index contributed by atoms with van der Waals surface area (Å²) in [6.45, 7) is 4.49. The normalized spacial score (nSPS) is 14.5. The lowest BCUT2D eigenvalue weighted by Gasteiger charge is -2.28. The number of fused-ring (bicyclic) bond motifs is 1. The van der Waals surface area contributed by atoms with E-state index in [4.69, 9.17) is 11.2 Å². The van der Waals surface area contributed by atoms with Gasteiger partial charge in [-0.05, 0) is 36.2 Å². The number of aromatic nitrogens is 1. The fourth-order valence-electron chi connectivity index (χ4n) is 3.69. The van der Waals surface area contributed by atoms with Gasteiger partial charge in [0.1, 0.15) is 5.69 Å². The number of ether oxygens (including phenoxy) is 1. The van der Waals surface area contributed by atoms with Crippen molar-refractivity contribution < 1.29 is 14.5 Å². The summed E-state index contributed by atoms with van der Waals surface area (Å²) in [6, 6.07) is 10.6.